The van der Waals surface area contributed by atoms with Crippen LogP contribution in [0, 0.1) is 0 Å². The molecule has 4 aromatic rings. The van der Waals surface area contributed by atoms with Gasteiger partial charge in [-0.05, 0) is 41.1 Å². The molecule has 0 N–H and O–H groups in total. The van der Waals surface area contributed by atoms with Crippen LogP contribution in [-0.4, -0.2) is 0 Å². The van der Waals surface area contributed by atoms with Gasteiger partial charge in [0.2, 0.25) is 5.43 Å². The second-order valence-electron chi connectivity index (χ2n) is 5.98. The molecule has 0 aliphatic rings. The van der Waals surface area contributed by atoms with Crippen molar-refractivity contribution in [1.82, 2.24) is 0 Å². The highest BCUT2D eigenvalue weighted by Crippen LogP contribution is 2.36. The Morgan fingerprint density at radius 2 is 1.44 bits per heavy atom. The largest absolute Gasteiger partial charge is 0.456 e. The first-order valence-corrected chi connectivity index (χ1v) is 7.64. The van der Waals surface area contributed by atoms with Crippen molar-refractivity contribution in [2.75, 3.05) is 0 Å². The number of alkyl halides is 6. The highest BCUT2D eigenvalue weighted by molar-refractivity contribution is 6.08. The minimum absolute atomic E-state index is 0.000849. The van der Waals surface area contributed by atoms with Gasteiger partial charge in [-0.15, -0.1) is 0 Å². The topological polar surface area (TPSA) is 30.2 Å². The van der Waals surface area contributed by atoms with Gasteiger partial charge in [-0.1, -0.05) is 18.2 Å². The third-order valence-corrected chi connectivity index (χ3v) is 4.31. The summed E-state index contributed by atoms with van der Waals surface area (Å²) in [5, 5.41) is -0.670. The van der Waals surface area contributed by atoms with E-state index >= 15 is 0 Å². The first kappa shape index (κ1) is 17.4. The highest BCUT2D eigenvalue weighted by atomic mass is 19.4. The lowest BCUT2D eigenvalue weighted by molar-refractivity contribution is -0.137. The SMILES string of the molecule is O=c1c2c(C(F)(F)F)cccc2oc2ccc3cc(C(F)(F)F)ccc3c12. The number of fused-ring (bicyclic) bond motifs is 4. The van der Waals surface area contributed by atoms with E-state index in [1.54, 1.807) is 0 Å². The second kappa shape index (κ2) is 5.48. The molecule has 0 radical (unpaired) electrons. The van der Waals surface area contributed by atoms with Crippen LogP contribution in [0.5, 0.6) is 0 Å². The molecule has 2 nitrogen and oxygen atoms in total. The molecular weight excluding hydrogens is 374 g/mol. The van der Waals surface area contributed by atoms with E-state index in [0.29, 0.717) is 0 Å². The van der Waals surface area contributed by atoms with Gasteiger partial charge in [-0.25, -0.2) is 0 Å². The Balaban J connectivity index is 2.17. The molecule has 1 heterocycles. The predicted molar refractivity (Wildman–Crippen MR) is 87.5 cm³/mol. The minimum atomic E-state index is -4.78. The lowest BCUT2D eigenvalue weighted by Crippen LogP contribution is -2.12. The summed E-state index contributed by atoms with van der Waals surface area (Å²) in [6.45, 7) is 0. The van der Waals surface area contributed by atoms with Crippen LogP contribution in [0.15, 0.2) is 57.7 Å². The molecule has 0 unspecified atom stereocenters. The summed E-state index contributed by atoms with van der Waals surface area (Å²) in [6, 6.07) is 8.42. The van der Waals surface area contributed by atoms with Gasteiger partial charge in [0.05, 0.1) is 21.9 Å². The number of rotatable bonds is 0. The molecule has 0 atom stereocenters. The van der Waals surface area contributed by atoms with Gasteiger partial charge in [0, 0.05) is 0 Å². The van der Waals surface area contributed by atoms with E-state index in [4.69, 9.17) is 4.42 Å². The van der Waals surface area contributed by atoms with Crippen molar-refractivity contribution in [2.45, 2.75) is 12.4 Å². The second-order valence-corrected chi connectivity index (χ2v) is 5.98. The van der Waals surface area contributed by atoms with E-state index in [0.717, 1.165) is 30.3 Å². The molecule has 3 aromatic carbocycles. The van der Waals surface area contributed by atoms with Crippen molar-refractivity contribution >= 4 is 32.7 Å². The first-order valence-electron chi connectivity index (χ1n) is 7.64. The molecular formula is C19H8F6O2. The molecule has 8 heteroatoms. The number of halogens is 6. The molecule has 1 aromatic heterocycles. The summed E-state index contributed by atoms with van der Waals surface area (Å²) in [5.74, 6) is 0. The van der Waals surface area contributed by atoms with E-state index in [2.05, 4.69) is 0 Å². The molecule has 0 bridgehead atoms. The molecule has 138 valence electrons. The van der Waals surface area contributed by atoms with Gasteiger partial charge in [-0.3, -0.25) is 4.79 Å². The average molecular weight is 382 g/mol. The van der Waals surface area contributed by atoms with Crippen molar-refractivity contribution in [2.24, 2.45) is 0 Å². The van der Waals surface area contributed by atoms with E-state index in [9.17, 15) is 31.1 Å². The number of hydrogen-bond acceptors (Lipinski definition) is 2. The minimum Gasteiger partial charge on any atom is -0.456 e. The zero-order valence-electron chi connectivity index (χ0n) is 13.2. The van der Waals surface area contributed by atoms with Crippen LogP contribution in [0.4, 0.5) is 26.3 Å². The predicted octanol–water partition coefficient (Wildman–Crippen LogP) is 6.14. The molecule has 0 aliphatic heterocycles. The van der Waals surface area contributed by atoms with Gasteiger partial charge in [0.15, 0.2) is 0 Å². The van der Waals surface area contributed by atoms with Crippen LogP contribution in [-0.2, 0) is 12.4 Å². The Morgan fingerprint density at radius 1 is 0.741 bits per heavy atom. The molecule has 4 rings (SSSR count). The Labute approximate surface area is 146 Å². The molecule has 0 aliphatic carbocycles. The molecule has 0 spiro atoms. The normalized spacial score (nSPS) is 13.0. The molecule has 0 saturated carbocycles. The zero-order chi connectivity index (χ0) is 19.6. The monoisotopic (exact) mass is 382 g/mol. The van der Waals surface area contributed by atoms with Crippen LogP contribution in [0.3, 0.4) is 0 Å². The van der Waals surface area contributed by atoms with Crippen LogP contribution >= 0.6 is 0 Å². The Kier molecular flexibility index (Phi) is 3.53. The maximum absolute atomic E-state index is 13.3. The molecule has 27 heavy (non-hydrogen) atoms. The van der Waals surface area contributed by atoms with E-state index in [1.165, 1.54) is 18.2 Å². The van der Waals surface area contributed by atoms with Gasteiger partial charge in [-0.2, -0.15) is 26.3 Å². The maximum atomic E-state index is 13.3. The number of benzene rings is 3. The fourth-order valence-corrected chi connectivity index (χ4v) is 3.14. The van der Waals surface area contributed by atoms with Crippen molar-refractivity contribution in [3.63, 3.8) is 0 Å². The van der Waals surface area contributed by atoms with Gasteiger partial charge in [0.1, 0.15) is 11.2 Å². The van der Waals surface area contributed by atoms with E-state index in [-0.39, 0.29) is 27.3 Å². The smallest absolute Gasteiger partial charge is 0.417 e. The summed E-state index contributed by atoms with van der Waals surface area (Å²) in [7, 11) is 0. The van der Waals surface area contributed by atoms with Gasteiger partial charge in [0.25, 0.3) is 0 Å². The van der Waals surface area contributed by atoms with Crippen LogP contribution in [0.2, 0.25) is 0 Å². The number of hydrogen-bond donors (Lipinski definition) is 0. The van der Waals surface area contributed by atoms with E-state index in [1.807, 2.05) is 0 Å². The van der Waals surface area contributed by atoms with E-state index < -0.39 is 34.3 Å². The summed E-state index contributed by atoms with van der Waals surface area (Å²) >= 11 is 0. The summed E-state index contributed by atoms with van der Waals surface area (Å²) in [4.78, 5) is 12.9. The Hall–Kier alpha value is -3.03. The standard InChI is InChI=1S/C19H8F6O2/c20-18(21,22)10-5-6-11-9(8-10)4-7-14-15(11)17(26)16-12(19(23,24)25)2-1-3-13(16)27-14/h1-8H. The first-order chi connectivity index (χ1) is 12.6. The third-order valence-electron chi connectivity index (χ3n) is 4.31. The van der Waals surface area contributed by atoms with Gasteiger partial charge < -0.3 is 4.42 Å². The van der Waals surface area contributed by atoms with Crippen molar-refractivity contribution < 1.29 is 30.8 Å². The summed E-state index contributed by atoms with van der Waals surface area (Å²) in [6.07, 6.45) is -9.36. The lowest BCUT2D eigenvalue weighted by Gasteiger charge is -2.12. The lowest BCUT2D eigenvalue weighted by atomic mass is 10.00. The van der Waals surface area contributed by atoms with Crippen molar-refractivity contribution in [3.8, 4) is 0 Å². The quantitative estimate of drug-likeness (QED) is 0.208. The van der Waals surface area contributed by atoms with Crippen molar-refractivity contribution in [3.05, 3.63) is 69.9 Å². The molecule has 0 saturated heterocycles. The third kappa shape index (κ3) is 2.72. The van der Waals surface area contributed by atoms with Crippen LogP contribution < -0.4 is 5.43 Å². The fourth-order valence-electron chi connectivity index (χ4n) is 3.14. The van der Waals surface area contributed by atoms with Crippen molar-refractivity contribution in [1.29, 1.82) is 0 Å². The zero-order valence-corrected chi connectivity index (χ0v) is 13.2. The highest BCUT2D eigenvalue weighted by Gasteiger charge is 2.34. The van der Waals surface area contributed by atoms with Gasteiger partial charge >= 0.3 is 12.4 Å². The molecule has 0 amide bonds. The summed E-state index contributed by atoms with van der Waals surface area (Å²) < 4.78 is 84.0. The fraction of sp³-hybridized carbons (Fsp3) is 0.105. The average Bonchev–Trinajstić information content (AvgIpc) is 2.59. The van der Waals surface area contributed by atoms with Crippen LogP contribution in [0.25, 0.3) is 32.7 Å². The Morgan fingerprint density at radius 3 is 2.11 bits per heavy atom. The van der Waals surface area contributed by atoms with Crippen LogP contribution in [0.1, 0.15) is 11.1 Å². The molecule has 0 fully saturated rings. The summed E-state index contributed by atoms with van der Waals surface area (Å²) in [5.41, 5.74) is -3.26. The maximum Gasteiger partial charge on any atom is 0.417 e. The Bertz CT molecular complexity index is 1270.